The van der Waals surface area contributed by atoms with E-state index in [-0.39, 0.29) is 0 Å². The molecule has 0 saturated carbocycles. The van der Waals surface area contributed by atoms with E-state index in [4.69, 9.17) is 0 Å². The van der Waals surface area contributed by atoms with Gasteiger partial charge in [0.25, 0.3) is 0 Å². The van der Waals surface area contributed by atoms with Crippen LogP contribution in [-0.4, -0.2) is 26.4 Å². The molecule has 1 aromatic carbocycles. The van der Waals surface area contributed by atoms with E-state index in [0.29, 0.717) is 0 Å². The number of rotatable bonds is 1. The van der Waals surface area contributed by atoms with Crippen LogP contribution in [0.25, 0.3) is 17.0 Å². The van der Waals surface area contributed by atoms with E-state index in [0.717, 1.165) is 36.5 Å². The van der Waals surface area contributed by atoms with E-state index < -0.39 is 0 Å². The molecule has 94 valence electrons. The van der Waals surface area contributed by atoms with Crippen molar-refractivity contribution in [3.05, 3.63) is 47.7 Å². The van der Waals surface area contributed by atoms with Crippen molar-refractivity contribution in [2.24, 2.45) is 0 Å². The molecule has 3 aromatic rings. The van der Waals surface area contributed by atoms with Crippen LogP contribution in [0.5, 0.6) is 0 Å². The topological polar surface area (TPSA) is 55.1 Å². The number of nitrogens with one attached hydrogen (secondary N) is 1. The van der Waals surface area contributed by atoms with Crippen LogP contribution >= 0.6 is 0 Å². The van der Waals surface area contributed by atoms with Crippen molar-refractivity contribution in [1.82, 2.24) is 25.1 Å². The van der Waals surface area contributed by atoms with Crippen LogP contribution in [0.2, 0.25) is 0 Å². The monoisotopic (exact) mass is 251 g/mol. The van der Waals surface area contributed by atoms with Gasteiger partial charge in [0, 0.05) is 18.3 Å². The van der Waals surface area contributed by atoms with Crippen LogP contribution in [0.15, 0.2) is 36.5 Å². The van der Waals surface area contributed by atoms with Gasteiger partial charge in [0.05, 0.1) is 0 Å². The fourth-order valence-electron chi connectivity index (χ4n) is 2.65. The standard InChI is InChI=1S/C14H13N5/c1-3-10-9-15-8-6-11(10)12(4-1)14-18-17-13-5-2-7-16-19(13)14/h1-5,7,15H,6,8-9H2. The molecule has 0 fully saturated rings. The third-order valence-corrected chi connectivity index (χ3v) is 3.56. The number of hydrogen-bond donors (Lipinski definition) is 1. The van der Waals surface area contributed by atoms with E-state index in [1.54, 1.807) is 10.7 Å². The van der Waals surface area contributed by atoms with E-state index >= 15 is 0 Å². The molecular formula is C14H13N5. The van der Waals surface area contributed by atoms with Crippen molar-refractivity contribution in [3.8, 4) is 11.4 Å². The zero-order valence-electron chi connectivity index (χ0n) is 10.4. The lowest BCUT2D eigenvalue weighted by Gasteiger charge is -2.19. The first-order valence-corrected chi connectivity index (χ1v) is 6.42. The normalized spacial score (nSPS) is 14.5. The zero-order valence-corrected chi connectivity index (χ0v) is 10.4. The first-order chi connectivity index (χ1) is 9.43. The third-order valence-electron chi connectivity index (χ3n) is 3.56. The minimum absolute atomic E-state index is 0.782. The Morgan fingerprint density at radius 1 is 1.11 bits per heavy atom. The maximum Gasteiger partial charge on any atom is 0.185 e. The van der Waals surface area contributed by atoms with E-state index in [1.165, 1.54) is 11.1 Å². The first kappa shape index (κ1) is 10.6. The average molecular weight is 251 g/mol. The quantitative estimate of drug-likeness (QED) is 0.711. The average Bonchev–Trinajstić information content (AvgIpc) is 2.90. The highest BCUT2D eigenvalue weighted by Crippen LogP contribution is 2.26. The lowest BCUT2D eigenvalue weighted by atomic mass is 9.95. The smallest absolute Gasteiger partial charge is 0.185 e. The Kier molecular flexibility index (Phi) is 2.31. The number of nitrogens with zero attached hydrogens (tertiary/aromatic N) is 4. The highest BCUT2D eigenvalue weighted by Gasteiger charge is 2.17. The molecule has 4 rings (SSSR count). The summed E-state index contributed by atoms with van der Waals surface area (Å²) in [4.78, 5) is 0. The largest absolute Gasteiger partial charge is 0.312 e. The van der Waals surface area contributed by atoms with Crippen molar-refractivity contribution in [2.75, 3.05) is 6.54 Å². The maximum absolute atomic E-state index is 4.34. The van der Waals surface area contributed by atoms with Crippen molar-refractivity contribution in [2.45, 2.75) is 13.0 Å². The van der Waals surface area contributed by atoms with Crippen LogP contribution in [0, 0.1) is 0 Å². The van der Waals surface area contributed by atoms with Crippen LogP contribution < -0.4 is 5.32 Å². The van der Waals surface area contributed by atoms with Gasteiger partial charge in [-0.1, -0.05) is 18.2 Å². The lowest BCUT2D eigenvalue weighted by Crippen LogP contribution is -2.24. The molecule has 1 aliphatic heterocycles. The molecule has 0 spiro atoms. The summed E-state index contributed by atoms with van der Waals surface area (Å²) < 4.78 is 1.80. The van der Waals surface area contributed by atoms with Gasteiger partial charge >= 0.3 is 0 Å². The van der Waals surface area contributed by atoms with Gasteiger partial charge in [0.1, 0.15) is 0 Å². The summed E-state index contributed by atoms with van der Waals surface area (Å²) in [5, 5.41) is 16.2. The molecular weight excluding hydrogens is 238 g/mol. The summed E-state index contributed by atoms with van der Waals surface area (Å²) in [6, 6.07) is 10.1. The van der Waals surface area contributed by atoms with E-state index in [2.05, 4.69) is 38.8 Å². The lowest BCUT2D eigenvalue weighted by molar-refractivity contribution is 0.644. The number of aromatic nitrogens is 4. The summed E-state index contributed by atoms with van der Waals surface area (Å²) in [5.41, 5.74) is 4.63. The maximum atomic E-state index is 4.34. The molecule has 0 radical (unpaired) electrons. The Bertz CT molecular complexity index is 746. The van der Waals surface area contributed by atoms with Gasteiger partial charge in [-0.2, -0.15) is 9.61 Å². The van der Waals surface area contributed by atoms with Crippen LogP contribution in [0.4, 0.5) is 0 Å². The SMILES string of the molecule is c1cc2c(c(-c3nnc4cccnn34)c1)CCNC2. The molecule has 5 nitrogen and oxygen atoms in total. The van der Waals surface area contributed by atoms with Gasteiger partial charge in [-0.15, -0.1) is 10.2 Å². The second-order valence-electron chi connectivity index (χ2n) is 4.69. The molecule has 5 heteroatoms. The second-order valence-corrected chi connectivity index (χ2v) is 4.69. The van der Waals surface area contributed by atoms with Crippen LogP contribution in [-0.2, 0) is 13.0 Å². The van der Waals surface area contributed by atoms with Gasteiger partial charge in [-0.25, -0.2) is 0 Å². The summed E-state index contributed by atoms with van der Waals surface area (Å²) in [6.07, 6.45) is 2.78. The first-order valence-electron chi connectivity index (χ1n) is 6.42. The van der Waals surface area contributed by atoms with Crippen molar-refractivity contribution in [1.29, 1.82) is 0 Å². The third kappa shape index (κ3) is 1.62. The molecule has 0 saturated heterocycles. The van der Waals surface area contributed by atoms with Crippen molar-refractivity contribution >= 4 is 5.65 Å². The van der Waals surface area contributed by atoms with Gasteiger partial charge in [-0.05, 0) is 36.2 Å². The predicted molar refractivity (Wildman–Crippen MR) is 71.6 cm³/mol. The van der Waals surface area contributed by atoms with E-state index in [1.807, 2.05) is 12.1 Å². The Labute approximate surface area is 110 Å². The van der Waals surface area contributed by atoms with Crippen LogP contribution in [0.1, 0.15) is 11.1 Å². The molecule has 1 aliphatic rings. The van der Waals surface area contributed by atoms with Crippen LogP contribution in [0.3, 0.4) is 0 Å². The summed E-state index contributed by atoms with van der Waals surface area (Å²) in [6.45, 7) is 1.93. The van der Waals surface area contributed by atoms with Gasteiger partial charge in [0.15, 0.2) is 11.5 Å². The zero-order chi connectivity index (χ0) is 12.7. The molecule has 0 aliphatic carbocycles. The van der Waals surface area contributed by atoms with Crippen molar-refractivity contribution in [3.63, 3.8) is 0 Å². The van der Waals surface area contributed by atoms with Gasteiger partial charge in [-0.3, -0.25) is 0 Å². The summed E-state index contributed by atoms with van der Waals surface area (Å²) >= 11 is 0. The number of benzene rings is 1. The second kappa shape index (κ2) is 4.13. The number of hydrogen-bond acceptors (Lipinski definition) is 4. The highest BCUT2D eigenvalue weighted by atomic mass is 15.4. The molecule has 1 N–H and O–H groups in total. The summed E-state index contributed by atoms with van der Waals surface area (Å²) in [7, 11) is 0. The Balaban J connectivity index is 1.97. The summed E-state index contributed by atoms with van der Waals surface area (Å²) in [5.74, 6) is 0.828. The van der Waals surface area contributed by atoms with Crippen molar-refractivity contribution < 1.29 is 0 Å². The molecule has 0 bridgehead atoms. The Morgan fingerprint density at radius 2 is 2.11 bits per heavy atom. The fourth-order valence-corrected chi connectivity index (χ4v) is 2.65. The Hall–Kier alpha value is -2.27. The van der Waals surface area contributed by atoms with Gasteiger partial charge in [0.2, 0.25) is 0 Å². The predicted octanol–water partition coefficient (Wildman–Crippen LogP) is 1.44. The number of fused-ring (bicyclic) bond motifs is 2. The molecule has 0 atom stereocenters. The van der Waals surface area contributed by atoms with Gasteiger partial charge < -0.3 is 5.32 Å². The molecule has 3 heterocycles. The molecule has 19 heavy (non-hydrogen) atoms. The fraction of sp³-hybridized carbons (Fsp3) is 0.214. The molecule has 0 unspecified atom stereocenters. The minimum atomic E-state index is 0.782. The van der Waals surface area contributed by atoms with E-state index in [9.17, 15) is 0 Å². The molecule has 2 aromatic heterocycles. The minimum Gasteiger partial charge on any atom is -0.312 e. The Morgan fingerprint density at radius 3 is 3.11 bits per heavy atom. The highest BCUT2D eigenvalue weighted by molar-refractivity contribution is 5.65. The molecule has 0 amide bonds.